The second kappa shape index (κ2) is 5.19. The van der Waals surface area contributed by atoms with Crippen LogP contribution < -0.4 is 5.32 Å². The molecule has 0 radical (unpaired) electrons. The zero-order valence-electron chi connectivity index (χ0n) is 10.6. The molecule has 1 N–H and O–H groups in total. The SMILES string of the molecule is CNc1nccnc1C1CCCN(S(C)(=O)=O)C1. The van der Waals surface area contributed by atoms with Gasteiger partial charge in [0.1, 0.15) is 5.82 Å². The van der Waals surface area contributed by atoms with Crippen LogP contribution in [-0.2, 0) is 10.0 Å². The molecule has 1 aromatic rings. The van der Waals surface area contributed by atoms with Crippen molar-refractivity contribution in [3.8, 4) is 0 Å². The highest BCUT2D eigenvalue weighted by atomic mass is 32.2. The van der Waals surface area contributed by atoms with Crippen molar-refractivity contribution in [2.75, 3.05) is 31.7 Å². The highest BCUT2D eigenvalue weighted by molar-refractivity contribution is 7.88. The van der Waals surface area contributed by atoms with Crippen LogP contribution >= 0.6 is 0 Å². The van der Waals surface area contributed by atoms with E-state index in [1.807, 2.05) is 0 Å². The van der Waals surface area contributed by atoms with Crippen molar-refractivity contribution in [2.24, 2.45) is 0 Å². The Morgan fingerprint density at radius 2 is 2.11 bits per heavy atom. The number of rotatable bonds is 3. The predicted molar refractivity (Wildman–Crippen MR) is 70.0 cm³/mol. The average Bonchev–Trinajstić information content (AvgIpc) is 2.38. The maximum Gasteiger partial charge on any atom is 0.211 e. The van der Waals surface area contributed by atoms with Gasteiger partial charge in [-0.15, -0.1) is 0 Å². The first-order valence-electron chi connectivity index (χ1n) is 5.96. The summed E-state index contributed by atoms with van der Waals surface area (Å²) in [6.07, 6.45) is 6.34. The lowest BCUT2D eigenvalue weighted by atomic mass is 9.96. The first-order valence-corrected chi connectivity index (χ1v) is 7.81. The first kappa shape index (κ1) is 13.2. The van der Waals surface area contributed by atoms with Gasteiger partial charge in [0.15, 0.2) is 0 Å². The fraction of sp³-hybridized carbons (Fsp3) is 0.636. The van der Waals surface area contributed by atoms with Crippen molar-refractivity contribution < 1.29 is 8.42 Å². The summed E-state index contributed by atoms with van der Waals surface area (Å²) < 4.78 is 24.7. The van der Waals surface area contributed by atoms with Crippen LogP contribution in [0.25, 0.3) is 0 Å². The largest absolute Gasteiger partial charge is 0.372 e. The molecule has 0 aromatic carbocycles. The predicted octanol–water partition coefficient (Wildman–Crippen LogP) is 0.657. The molecular weight excluding hydrogens is 252 g/mol. The molecule has 0 saturated carbocycles. The summed E-state index contributed by atoms with van der Waals surface area (Å²) in [5.74, 6) is 0.850. The Bertz CT molecular complexity index is 518. The lowest BCUT2D eigenvalue weighted by Crippen LogP contribution is -2.38. The standard InChI is InChI=1S/C11H18N4O2S/c1-12-11-10(13-5-6-14-11)9-4-3-7-15(8-9)18(2,16)17/h5-6,9H,3-4,7-8H2,1-2H3,(H,12,14). The number of anilines is 1. The van der Waals surface area contributed by atoms with Gasteiger partial charge in [-0.05, 0) is 12.8 Å². The van der Waals surface area contributed by atoms with Gasteiger partial charge in [0.25, 0.3) is 0 Å². The Balaban J connectivity index is 2.23. The van der Waals surface area contributed by atoms with Crippen LogP contribution in [-0.4, -0.2) is 49.1 Å². The smallest absolute Gasteiger partial charge is 0.211 e. The van der Waals surface area contributed by atoms with Crippen molar-refractivity contribution >= 4 is 15.8 Å². The van der Waals surface area contributed by atoms with Gasteiger partial charge in [0.05, 0.1) is 11.9 Å². The Hall–Kier alpha value is -1.21. The molecule has 0 amide bonds. The van der Waals surface area contributed by atoms with E-state index >= 15 is 0 Å². The van der Waals surface area contributed by atoms with E-state index in [1.54, 1.807) is 19.4 Å². The van der Waals surface area contributed by atoms with Gasteiger partial charge in [-0.2, -0.15) is 0 Å². The molecule has 0 aliphatic carbocycles. The summed E-state index contributed by atoms with van der Waals surface area (Å²) in [6.45, 7) is 1.09. The quantitative estimate of drug-likeness (QED) is 0.873. The average molecular weight is 270 g/mol. The van der Waals surface area contributed by atoms with Crippen LogP contribution in [0.15, 0.2) is 12.4 Å². The zero-order chi connectivity index (χ0) is 13.2. The van der Waals surface area contributed by atoms with Gasteiger partial charge in [-0.1, -0.05) is 0 Å². The Morgan fingerprint density at radius 1 is 1.39 bits per heavy atom. The molecule has 2 rings (SSSR count). The fourth-order valence-electron chi connectivity index (χ4n) is 2.31. The van der Waals surface area contributed by atoms with Crippen LogP contribution in [0.1, 0.15) is 24.5 Å². The minimum Gasteiger partial charge on any atom is -0.372 e. The molecule has 1 fully saturated rings. The second-order valence-electron chi connectivity index (χ2n) is 4.50. The van der Waals surface area contributed by atoms with E-state index in [0.29, 0.717) is 13.1 Å². The zero-order valence-corrected chi connectivity index (χ0v) is 11.4. The number of hydrogen-bond donors (Lipinski definition) is 1. The van der Waals surface area contributed by atoms with Crippen LogP contribution in [0.5, 0.6) is 0 Å². The fourth-order valence-corrected chi connectivity index (χ4v) is 3.22. The molecule has 0 spiro atoms. The summed E-state index contributed by atoms with van der Waals surface area (Å²) in [4.78, 5) is 8.56. The molecule has 7 heteroatoms. The Labute approximate surface area is 107 Å². The van der Waals surface area contributed by atoms with Gasteiger partial charge in [-0.3, -0.25) is 4.98 Å². The molecule has 6 nitrogen and oxygen atoms in total. The van der Waals surface area contributed by atoms with Gasteiger partial charge >= 0.3 is 0 Å². The van der Waals surface area contributed by atoms with E-state index < -0.39 is 10.0 Å². The van der Waals surface area contributed by atoms with E-state index in [1.165, 1.54) is 10.6 Å². The third kappa shape index (κ3) is 2.78. The number of hydrogen-bond acceptors (Lipinski definition) is 5. The molecule has 1 aliphatic heterocycles. The van der Waals surface area contributed by atoms with Gasteiger partial charge in [0, 0.05) is 38.4 Å². The third-order valence-electron chi connectivity index (χ3n) is 3.20. The number of sulfonamides is 1. The first-order chi connectivity index (χ1) is 8.52. The monoisotopic (exact) mass is 270 g/mol. The van der Waals surface area contributed by atoms with Crippen LogP contribution in [0.4, 0.5) is 5.82 Å². The van der Waals surface area contributed by atoms with E-state index in [0.717, 1.165) is 24.4 Å². The number of aromatic nitrogens is 2. The van der Waals surface area contributed by atoms with Gasteiger partial charge in [-0.25, -0.2) is 17.7 Å². The Kier molecular flexibility index (Phi) is 3.82. The molecule has 2 heterocycles. The molecule has 1 aromatic heterocycles. The van der Waals surface area contributed by atoms with Crippen LogP contribution in [0.3, 0.4) is 0 Å². The molecule has 1 aliphatic rings. The number of nitrogens with one attached hydrogen (secondary N) is 1. The second-order valence-corrected chi connectivity index (χ2v) is 6.48. The molecule has 1 saturated heterocycles. The molecule has 100 valence electrons. The van der Waals surface area contributed by atoms with E-state index in [4.69, 9.17) is 0 Å². The minimum atomic E-state index is -3.12. The maximum absolute atomic E-state index is 11.6. The highest BCUT2D eigenvalue weighted by Gasteiger charge is 2.29. The summed E-state index contributed by atoms with van der Waals surface area (Å²) >= 11 is 0. The van der Waals surface area contributed by atoms with Crippen molar-refractivity contribution in [1.29, 1.82) is 0 Å². The van der Waals surface area contributed by atoms with Crippen molar-refractivity contribution in [3.63, 3.8) is 0 Å². The summed E-state index contributed by atoms with van der Waals surface area (Å²) in [5.41, 5.74) is 0.855. The normalized spacial score (nSPS) is 21.8. The van der Waals surface area contributed by atoms with Gasteiger partial charge in [0.2, 0.25) is 10.0 Å². The summed E-state index contributed by atoms with van der Waals surface area (Å²) in [6, 6.07) is 0. The number of piperidine rings is 1. The van der Waals surface area contributed by atoms with E-state index in [9.17, 15) is 8.42 Å². The maximum atomic E-state index is 11.6. The molecule has 1 unspecified atom stereocenters. The molecular formula is C11H18N4O2S. The minimum absolute atomic E-state index is 0.115. The highest BCUT2D eigenvalue weighted by Crippen LogP contribution is 2.29. The Morgan fingerprint density at radius 3 is 2.78 bits per heavy atom. The molecule has 1 atom stereocenters. The van der Waals surface area contributed by atoms with Crippen LogP contribution in [0, 0.1) is 0 Å². The van der Waals surface area contributed by atoms with Gasteiger partial charge < -0.3 is 5.32 Å². The third-order valence-corrected chi connectivity index (χ3v) is 4.47. The molecule has 0 bridgehead atoms. The van der Waals surface area contributed by atoms with E-state index in [2.05, 4.69) is 15.3 Å². The van der Waals surface area contributed by atoms with Crippen molar-refractivity contribution in [2.45, 2.75) is 18.8 Å². The summed E-state index contributed by atoms with van der Waals surface area (Å²) in [7, 11) is -1.33. The molecule has 18 heavy (non-hydrogen) atoms. The number of nitrogens with zero attached hydrogens (tertiary/aromatic N) is 3. The lowest BCUT2D eigenvalue weighted by molar-refractivity contribution is 0.314. The van der Waals surface area contributed by atoms with Crippen molar-refractivity contribution in [1.82, 2.24) is 14.3 Å². The van der Waals surface area contributed by atoms with Crippen LogP contribution in [0.2, 0.25) is 0 Å². The summed E-state index contributed by atoms with van der Waals surface area (Å²) in [5, 5.41) is 3.00. The van der Waals surface area contributed by atoms with Crippen molar-refractivity contribution in [3.05, 3.63) is 18.1 Å². The topological polar surface area (TPSA) is 75.2 Å². The van der Waals surface area contributed by atoms with E-state index in [-0.39, 0.29) is 5.92 Å². The lowest BCUT2D eigenvalue weighted by Gasteiger charge is -2.31.